The van der Waals surface area contributed by atoms with E-state index in [0.29, 0.717) is 12.1 Å². The number of carbonyl (C=O) groups is 1. The standard InChI is InChI=1S/C18H22N4OS/c1-21-15-6-7-16(21)10-22(9-8-15)18(23)20-14-4-2-13(3-5-14)17-11-24-12-19-17/h2-5,11-12,15-16H,6-10H2,1H3,(H,20,23)/t15-,16+/m1/s1. The minimum Gasteiger partial charge on any atom is -0.323 e. The number of thiazole rings is 1. The quantitative estimate of drug-likeness (QED) is 0.908. The molecule has 2 aliphatic heterocycles. The summed E-state index contributed by atoms with van der Waals surface area (Å²) in [5, 5.41) is 5.06. The minimum atomic E-state index is 0.0114. The van der Waals surface area contributed by atoms with Crippen LogP contribution in [0.2, 0.25) is 0 Å². The van der Waals surface area contributed by atoms with E-state index in [1.165, 1.54) is 12.8 Å². The number of anilines is 1. The third-order valence-electron chi connectivity index (χ3n) is 5.30. The van der Waals surface area contributed by atoms with Crippen LogP contribution in [-0.4, -0.2) is 53.0 Å². The molecule has 2 amide bonds. The second-order valence-corrected chi connectivity index (χ2v) is 7.39. The van der Waals surface area contributed by atoms with Gasteiger partial charge in [0.05, 0.1) is 11.2 Å². The van der Waals surface area contributed by atoms with Gasteiger partial charge in [0.15, 0.2) is 0 Å². The Morgan fingerprint density at radius 1 is 1.21 bits per heavy atom. The van der Waals surface area contributed by atoms with Crippen LogP contribution in [-0.2, 0) is 0 Å². The minimum absolute atomic E-state index is 0.0114. The molecule has 24 heavy (non-hydrogen) atoms. The van der Waals surface area contributed by atoms with Gasteiger partial charge in [0.1, 0.15) is 0 Å². The smallest absolute Gasteiger partial charge is 0.321 e. The van der Waals surface area contributed by atoms with Gasteiger partial charge in [0.25, 0.3) is 0 Å². The van der Waals surface area contributed by atoms with E-state index in [4.69, 9.17) is 0 Å². The van der Waals surface area contributed by atoms with Gasteiger partial charge in [-0.2, -0.15) is 0 Å². The molecular weight excluding hydrogens is 320 g/mol. The zero-order valence-corrected chi connectivity index (χ0v) is 14.6. The van der Waals surface area contributed by atoms with Crippen molar-refractivity contribution < 1.29 is 4.79 Å². The maximum atomic E-state index is 12.6. The Labute approximate surface area is 146 Å². The molecule has 0 spiro atoms. The van der Waals surface area contributed by atoms with Crippen molar-refractivity contribution in [3.05, 3.63) is 35.2 Å². The first kappa shape index (κ1) is 15.6. The Bertz CT molecular complexity index is 700. The molecule has 2 bridgehead atoms. The van der Waals surface area contributed by atoms with E-state index in [1.807, 2.05) is 40.1 Å². The van der Waals surface area contributed by atoms with Gasteiger partial charge >= 0.3 is 6.03 Å². The van der Waals surface area contributed by atoms with Crippen LogP contribution < -0.4 is 5.32 Å². The normalized spacial score (nSPS) is 24.0. The van der Waals surface area contributed by atoms with Crippen LogP contribution in [0.25, 0.3) is 11.3 Å². The van der Waals surface area contributed by atoms with E-state index in [1.54, 1.807) is 11.3 Å². The van der Waals surface area contributed by atoms with E-state index in [-0.39, 0.29) is 6.03 Å². The molecule has 3 heterocycles. The number of aromatic nitrogens is 1. The van der Waals surface area contributed by atoms with Crippen LogP contribution in [0.15, 0.2) is 35.2 Å². The Kier molecular flexibility index (Phi) is 4.24. The molecule has 1 N–H and O–H groups in total. The summed E-state index contributed by atoms with van der Waals surface area (Å²) in [4.78, 5) is 21.3. The zero-order valence-electron chi connectivity index (χ0n) is 13.8. The number of fused-ring (bicyclic) bond motifs is 2. The summed E-state index contributed by atoms with van der Waals surface area (Å²) in [7, 11) is 2.20. The SMILES string of the molecule is CN1[C@@H]2CC[C@H]1CN(C(=O)Nc1ccc(-c3cscn3)cc1)CC2. The molecule has 2 aromatic rings. The first-order valence-electron chi connectivity index (χ1n) is 8.47. The van der Waals surface area contributed by atoms with Crippen LogP contribution in [0.5, 0.6) is 0 Å². The Morgan fingerprint density at radius 2 is 2.00 bits per heavy atom. The van der Waals surface area contributed by atoms with Crippen molar-refractivity contribution >= 4 is 23.1 Å². The number of hydrogen-bond acceptors (Lipinski definition) is 4. The first-order chi connectivity index (χ1) is 11.7. The molecule has 0 unspecified atom stereocenters. The van der Waals surface area contributed by atoms with Crippen LogP contribution in [0.4, 0.5) is 10.5 Å². The van der Waals surface area contributed by atoms with Gasteiger partial charge in [-0.15, -0.1) is 11.3 Å². The lowest BCUT2D eigenvalue weighted by molar-refractivity contribution is 0.200. The van der Waals surface area contributed by atoms with Crippen LogP contribution >= 0.6 is 11.3 Å². The van der Waals surface area contributed by atoms with Crippen molar-refractivity contribution in [3.63, 3.8) is 0 Å². The molecule has 2 saturated heterocycles. The van der Waals surface area contributed by atoms with Crippen molar-refractivity contribution in [1.82, 2.24) is 14.8 Å². The summed E-state index contributed by atoms with van der Waals surface area (Å²) in [6.45, 7) is 1.67. The molecule has 2 fully saturated rings. The molecule has 6 heteroatoms. The summed E-state index contributed by atoms with van der Waals surface area (Å²) >= 11 is 1.58. The van der Waals surface area contributed by atoms with E-state index in [0.717, 1.165) is 36.5 Å². The van der Waals surface area contributed by atoms with Crippen molar-refractivity contribution in [1.29, 1.82) is 0 Å². The van der Waals surface area contributed by atoms with Gasteiger partial charge in [-0.3, -0.25) is 4.90 Å². The monoisotopic (exact) mass is 342 g/mol. The highest BCUT2D eigenvalue weighted by molar-refractivity contribution is 7.07. The molecule has 4 rings (SSSR count). The lowest BCUT2D eigenvalue weighted by atomic mass is 10.1. The largest absolute Gasteiger partial charge is 0.323 e. The second kappa shape index (κ2) is 6.53. The average Bonchev–Trinajstić information content (AvgIpc) is 3.17. The zero-order chi connectivity index (χ0) is 16.5. The highest BCUT2D eigenvalue weighted by Crippen LogP contribution is 2.29. The van der Waals surface area contributed by atoms with E-state index < -0.39 is 0 Å². The van der Waals surface area contributed by atoms with Gasteiger partial charge in [-0.1, -0.05) is 12.1 Å². The summed E-state index contributed by atoms with van der Waals surface area (Å²) in [6.07, 6.45) is 3.55. The summed E-state index contributed by atoms with van der Waals surface area (Å²) in [5.74, 6) is 0. The molecule has 5 nitrogen and oxygen atoms in total. The number of nitrogens with one attached hydrogen (secondary N) is 1. The fraction of sp³-hybridized carbons (Fsp3) is 0.444. The van der Waals surface area contributed by atoms with Crippen molar-refractivity contribution in [2.45, 2.75) is 31.3 Å². The fourth-order valence-corrected chi connectivity index (χ4v) is 4.34. The number of likely N-dealkylation sites (tertiary alicyclic amines) is 1. The number of carbonyl (C=O) groups excluding carboxylic acids is 1. The molecule has 2 atom stereocenters. The van der Waals surface area contributed by atoms with E-state index in [2.05, 4.69) is 22.2 Å². The molecule has 2 aliphatic rings. The maximum Gasteiger partial charge on any atom is 0.321 e. The average molecular weight is 342 g/mol. The van der Waals surface area contributed by atoms with Gasteiger partial charge in [0, 0.05) is 41.8 Å². The number of likely N-dealkylation sites (N-methyl/N-ethyl adjacent to an activating group) is 1. The van der Waals surface area contributed by atoms with Crippen LogP contribution in [0.1, 0.15) is 19.3 Å². The predicted octanol–water partition coefficient (Wildman–Crippen LogP) is 3.51. The topological polar surface area (TPSA) is 48.5 Å². The molecule has 0 aliphatic carbocycles. The summed E-state index contributed by atoms with van der Waals surface area (Å²) in [6, 6.07) is 9.06. The number of hydrogen-bond donors (Lipinski definition) is 1. The van der Waals surface area contributed by atoms with Crippen LogP contribution in [0.3, 0.4) is 0 Å². The molecule has 1 aromatic carbocycles. The Hall–Kier alpha value is -1.92. The van der Waals surface area contributed by atoms with Gasteiger partial charge < -0.3 is 10.2 Å². The van der Waals surface area contributed by atoms with Crippen molar-refractivity contribution in [3.8, 4) is 11.3 Å². The lowest BCUT2D eigenvalue weighted by Crippen LogP contribution is -2.41. The number of amides is 2. The van der Waals surface area contributed by atoms with Gasteiger partial charge in [-0.25, -0.2) is 9.78 Å². The molecule has 0 radical (unpaired) electrons. The van der Waals surface area contributed by atoms with E-state index in [9.17, 15) is 4.79 Å². The molecule has 0 saturated carbocycles. The highest BCUT2D eigenvalue weighted by atomic mass is 32.1. The first-order valence-corrected chi connectivity index (χ1v) is 9.41. The van der Waals surface area contributed by atoms with Gasteiger partial charge in [0.2, 0.25) is 0 Å². The maximum absolute atomic E-state index is 12.6. The van der Waals surface area contributed by atoms with Crippen molar-refractivity contribution in [2.75, 3.05) is 25.5 Å². The molecule has 126 valence electrons. The Balaban J connectivity index is 1.41. The number of rotatable bonds is 2. The highest BCUT2D eigenvalue weighted by Gasteiger charge is 2.35. The van der Waals surface area contributed by atoms with Crippen LogP contribution in [0, 0.1) is 0 Å². The van der Waals surface area contributed by atoms with Crippen molar-refractivity contribution in [2.24, 2.45) is 0 Å². The number of urea groups is 1. The summed E-state index contributed by atoms with van der Waals surface area (Å²) < 4.78 is 0. The molecule has 1 aromatic heterocycles. The third-order valence-corrected chi connectivity index (χ3v) is 5.89. The molecular formula is C18H22N4OS. The number of nitrogens with zero attached hydrogens (tertiary/aromatic N) is 3. The Morgan fingerprint density at radius 3 is 2.75 bits per heavy atom. The predicted molar refractivity (Wildman–Crippen MR) is 97.3 cm³/mol. The third kappa shape index (κ3) is 3.03. The summed E-state index contributed by atoms with van der Waals surface area (Å²) in [5.41, 5.74) is 4.71. The second-order valence-electron chi connectivity index (χ2n) is 6.67. The van der Waals surface area contributed by atoms with Gasteiger partial charge in [-0.05, 0) is 38.4 Å². The lowest BCUT2D eigenvalue weighted by Gasteiger charge is -2.26. The van der Waals surface area contributed by atoms with E-state index >= 15 is 0 Å². The fourth-order valence-electron chi connectivity index (χ4n) is 3.78. The number of benzene rings is 1.